The van der Waals surface area contributed by atoms with Crippen molar-refractivity contribution in [3.05, 3.63) is 39.2 Å². The average Bonchev–Trinajstić information content (AvgIpc) is 2.92. The number of anilines is 1. The van der Waals surface area contributed by atoms with Crippen LogP contribution in [0.4, 0.5) is 5.95 Å². The highest BCUT2D eigenvalue weighted by molar-refractivity contribution is 5.93. The molecule has 0 aliphatic carbocycles. The van der Waals surface area contributed by atoms with Crippen molar-refractivity contribution in [2.75, 3.05) is 5.32 Å². The fraction of sp³-hybridized carbons (Fsp3) is 0.476. The van der Waals surface area contributed by atoms with Gasteiger partial charge in [0.2, 0.25) is 5.95 Å². The van der Waals surface area contributed by atoms with Gasteiger partial charge in [-0.15, -0.1) is 0 Å². The lowest BCUT2D eigenvalue weighted by Crippen LogP contribution is -2.27. The van der Waals surface area contributed by atoms with E-state index in [2.05, 4.69) is 62.2 Å². The van der Waals surface area contributed by atoms with Crippen LogP contribution in [0.5, 0.6) is 0 Å². The maximum absolute atomic E-state index is 13.2. The van der Waals surface area contributed by atoms with Gasteiger partial charge in [-0.3, -0.25) is 14.0 Å². The maximum atomic E-state index is 13.2. The standard InChI is InChI=1S/C21H29N5O/c1-8-15(9-2)22-21-23-19-17(20(27)25(21)6)18(26(7)24-19)16-13(4)10-12(3)11-14(16)5/h10-11,15H,8-9H2,1-7H3,(H,22,23,24). The van der Waals surface area contributed by atoms with Crippen LogP contribution in [0.1, 0.15) is 43.4 Å². The molecule has 144 valence electrons. The van der Waals surface area contributed by atoms with Gasteiger partial charge in [0.1, 0.15) is 5.39 Å². The van der Waals surface area contributed by atoms with Crippen molar-refractivity contribution in [1.82, 2.24) is 19.3 Å². The topological polar surface area (TPSA) is 64.7 Å². The molecule has 0 saturated carbocycles. The first-order valence-electron chi connectivity index (χ1n) is 9.56. The number of rotatable bonds is 5. The van der Waals surface area contributed by atoms with Crippen LogP contribution in [0.15, 0.2) is 16.9 Å². The Labute approximate surface area is 160 Å². The van der Waals surface area contributed by atoms with Gasteiger partial charge in [-0.1, -0.05) is 31.5 Å². The fourth-order valence-electron chi connectivity index (χ4n) is 3.87. The van der Waals surface area contributed by atoms with Crippen LogP contribution in [0.25, 0.3) is 22.3 Å². The largest absolute Gasteiger partial charge is 0.353 e. The highest BCUT2D eigenvalue weighted by atomic mass is 16.1. The molecule has 0 saturated heterocycles. The minimum atomic E-state index is -0.0732. The molecule has 0 spiro atoms. The van der Waals surface area contributed by atoms with E-state index in [1.54, 1.807) is 16.3 Å². The number of nitrogens with one attached hydrogen (secondary N) is 1. The van der Waals surface area contributed by atoms with Crippen molar-refractivity contribution in [2.24, 2.45) is 14.1 Å². The summed E-state index contributed by atoms with van der Waals surface area (Å²) in [5, 5.41) is 8.52. The van der Waals surface area contributed by atoms with E-state index in [4.69, 9.17) is 0 Å². The first-order chi connectivity index (χ1) is 12.8. The second kappa shape index (κ2) is 7.18. The van der Waals surface area contributed by atoms with Gasteiger partial charge in [0, 0.05) is 25.7 Å². The highest BCUT2D eigenvalue weighted by Crippen LogP contribution is 2.32. The number of fused-ring (bicyclic) bond motifs is 1. The van der Waals surface area contributed by atoms with Crippen LogP contribution in [-0.2, 0) is 14.1 Å². The molecule has 0 unspecified atom stereocenters. The Bertz CT molecular complexity index is 1030. The molecular weight excluding hydrogens is 338 g/mol. The van der Waals surface area contributed by atoms with Crippen molar-refractivity contribution in [3.63, 3.8) is 0 Å². The molecule has 0 bridgehead atoms. The van der Waals surface area contributed by atoms with Crippen LogP contribution in [-0.4, -0.2) is 25.4 Å². The number of benzene rings is 1. The van der Waals surface area contributed by atoms with Crippen LogP contribution in [0.2, 0.25) is 0 Å². The van der Waals surface area contributed by atoms with Gasteiger partial charge in [-0.25, -0.2) is 0 Å². The summed E-state index contributed by atoms with van der Waals surface area (Å²) in [6.07, 6.45) is 1.94. The Balaban J connectivity index is 2.28. The van der Waals surface area contributed by atoms with Crippen molar-refractivity contribution >= 4 is 17.0 Å². The molecule has 1 N–H and O–H groups in total. The van der Waals surface area contributed by atoms with E-state index < -0.39 is 0 Å². The van der Waals surface area contributed by atoms with E-state index >= 15 is 0 Å². The number of aromatic nitrogens is 4. The maximum Gasteiger partial charge on any atom is 0.266 e. The molecule has 0 atom stereocenters. The van der Waals surface area contributed by atoms with Crippen LogP contribution in [0.3, 0.4) is 0 Å². The third-order valence-corrected chi connectivity index (χ3v) is 5.31. The number of nitrogens with zero attached hydrogens (tertiary/aromatic N) is 4. The van der Waals surface area contributed by atoms with Gasteiger partial charge in [-0.05, 0) is 44.7 Å². The average molecular weight is 367 g/mol. The van der Waals surface area contributed by atoms with E-state index in [1.807, 2.05) is 7.05 Å². The molecule has 6 heteroatoms. The molecule has 0 radical (unpaired) electrons. The second-order valence-electron chi connectivity index (χ2n) is 7.40. The van der Waals surface area contributed by atoms with E-state index in [1.165, 1.54) is 5.56 Å². The first-order valence-corrected chi connectivity index (χ1v) is 9.56. The summed E-state index contributed by atoms with van der Waals surface area (Å²) in [7, 11) is 3.65. The Hall–Kier alpha value is -2.63. The molecule has 0 aliphatic rings. The second-order valence-corrected chi connectivity index (χ2v) is 7.40. The molecule has 2 aromatic heterocycles. The molecule has 0 amide bonds. The molecule has 2 heterocycles. The van der Waals surface area contributed by atoms with E-state index in [0.717, 1.165) is 35.2 Å². The smallest absolute Gasteiger partial charge is 0.266 e. The van der Waals surface area contributed by atoms with Crippen LogP contribution in [0, 0.1) is 20.8 Å². The number of hydrogen-bond donors (Lipinski definition) is 1. The SMILES string of the molecule is CCC(CC)Nc1nc2nn(C)c(-c3c(C)cc(C)cc3C)c2c(=O)n1C. The lowest BCUT2D eigenvalue weighted by atomic mass is 9.96. The summed E-state index contributed by atoms with van der Waals surface area (Å²) in [4.78, 5) is 17.9. The zero-order chi connectivity index (χ0) is 19.9. The minimum Gasteiger partial charge on any atom is -0.353 e. The van der Waals surface area contributed by atoms with Crippen molar-refractivity contribution < 1.29 is 0 Å². The zero-order valence-corrected chi connectivity index (χ0v) is 17.3. The van der Waals surface area contributed by atoms with Gasteiger partial charge in [0.05, 0.1) is 5.69 Å². The predicted molar refractivity (Wildman–Crippen MR) is 111 cm³/mol. The van der Waals surface area contributed by atoms with Crippen LogP contribution >= 0.6 is 0 Å². The summed E-state index contributed by atoms with van der Waals surface area (Å²) in [6.45, 7) is 10.5. The highest BCUT2D eigenvalue weighted by Gasteiger charge is 2.22. The van der Waals surface area contributed by atoms with E-state index in [0.29, 0.717) is 17.0 Å². The van der Waals surface area contributed by atoms with Gasteiger partial charge in [-0.2, -0.15) is 10.1 Å². The molecule has 6 nitrogen and oxygen atoms in total. The van der Waals surface area contributed by atoms with Crippen molar-refractivity contribution in [2.45, 2.75) is 53.5 Å². The molecule has 27 heavy (non-hydrogen) atoms. The van der Waals surface area contributed by atoms with Crippen molar-refractivity contribution in [1.29, 1.82) is 0 Å². The Morgan fingerprint density at radius 1 is 1.07 bits per heavy atom. The number of aryl methyl sites for hydroxylation is 4. The van der Waals surface area contributed by atoms with Gasteiger partial charge in [0.25, 0.3) is 5.56 Å². The first kappa shape index (κ1) is 19.1. The molecule has 3 aromatic rings. The molecule has 3 rings (SSSR count). The Morgan fingerprint density at radius 3 is 2.22 bits per heavy atom. The normalized spacial score (nSPS) is 11.6. The molecule has 0 fully saturated rings. The Morgan fingerprint density at radius 2 is 1.67 bits per heavy atom. The van der Waals surface area contributed by atoms with Gasteiger partial charge in [0.15, 0.2) is 5.65 Å². The third-order valence-electron chi connectivity index (χ3n) is 5.31. The van der Waals surface area contributed by atoms with E-state index in [-0.39, 0.29) is 11.6 Å². The predicted octanol–water partition coefficient (Wildman–Crippen LogP) is 3.86. The summed E-state index contributed by atoms with van der Waals surface area (Å²) in [5.74, 6) is 0.572. The monoisotopic (exact) mass is 367 g/mol. The molecular formula is C21H29N5O. The summed E-state index contributed by atoms with van der Waals surface area (Å²) in [5.41, 5.74) is 5.80. The van der Waals surface area contributed by atoms with Crippen LogP contribution < -0.4 is 10.9 Å². The van der Waals surface area contributed by atoms with Gasteiger partial charge >= 0.3 is 0 Å². The molecule has 0 aliphatic heterocycles. The Kier molecular flexibility index (Phi) is 5.09. The minimum absolute atomic E-state index is 0.0732. The van der Waals surface area contributed by atoms with Gasteiger partial charge < -0.3 is 5.32 Å². The number of hydrogen-bond acceptors (Lipinski definition) is 4. The zero-order valence-electron chi connectivity index (χ0n) is 17.3. The van der Waals surface area contributed by atoms with Crippen molar-refractivity contribution in [3.8, 4) is 11.3 Å². The quantitative estimate of drug-likeness (QED) is 0.744. The fourth-order valence-corrected chi connectivity index (χ4v) is 3.87. The lowest BCUT2D eigenvalue weighted by molar-refractivity contribution is 0.653. The summed E-state index contributed by atoms with van der Waals surface area (Å²) >= 11 is 0. The lowest BCUT2D eigenvalue weighted by Gasteiger charge is -2.17. The summed E-state index contributed by atoms with van der Waals surface area (Å²) in [6, 6.07) is 4.56. The molecule has 1 aromatic carbocycles. The summed E-state index contributed by atoms with van der Waals surface area (Å²) < 4.78 is 3.38. The third kappa shape index (κ3) is 3.24. The van der Waals surface area contributed by atoms with E-state index in [9.17, 15) is 4.79 Å².